The molecule has 1 aliphatic heterocycles. The highest BCUT2D eigenvalue weighted by molar-refractivity contribution is 5.63. The molecule has 0 aliphatic carbocycles. The maximum atomic E-state index is 10.8. The molecule has 0 saturated carbocycles. The van der Waals surface area contributed by atoms with Crippen LogP contribution in [0.2, 0.25) is 0 Å². The first-order valence-electron chi connectivity index (χ1n) is 4.76. The van der Waals surface area contributed by atoms with Crippen molar-refractivity contribution < 1.29 is 9.66 Å². The lowest BCUT2D eigenvalue weighted by Gasteiger charge is -2.27. The van der Waals surface area contributed by atoms with Crippen LogP contribution in [0, 0.1) is 17.0 Å². The Morgan fingerprint density at radius 2 is 2.27 bits per heavy atom. The molecule has 1 aliphatic rings. The number of nitrogens with one attached hydrogen (secondary N) is 1. The van der Waals surface area contributed by atoms with Crippen LogP contribution < -0.4 is 5.32 Å². The van der Waals surface area contributed by atoms with Crippen molar-refractivity contribution in [2.24, 2.45) is 0 Å². The van der Waals surface area contributed by atoms with Crippen LogP contribution in [0.3, 0.4) is 0 Å². The Balaban J connectivity index is 2.24. The molecule has 5 heteroatoms. The molecular formula is C10H12N2O3. The summed E-state index contributed by atoms with van der Waals surface area (Å²) in [5.74, 6) is 0. The van der Waals surface area contributed by atoms with Crippen molar-refractivity contribution in [1.82, 2.24) is 0 Å². The highest BCUT2D eigenvalue weighted by Gasteiger charge is 2.22. The maximum absolute atomic E-state index is 10.8. The van der Waals surface area contributed by atoms with E-state index in [2.05, 4.69) is 5.32 Å². The van der Waals surface area contributed by atoms with Crippen LogP contribution in [0.25, 0.3) is 0 Å². The first-order chi connectivity index (χ1) is 7.16. The number of benzene rings is 1. The quantitative estimate of drug-likeness (QED) is 0.606. The molecule has 1 saturated heterocycles. The van der Waals surface area contributed by atoms with Crippen molar-refractivity contribution in [3.8, 4) is 0 Å². The zero-order chi connectivity index (χ0) is 10.8. The van der Waals surface area contributed by atoms with Crippen molar-refractivity contribution in [1.29, 1.82) is 0 Å². The van der Waals surface area contributed by atoms with E-state index >= 15 is 0 Å². The number of anilines is 1. The molecule has 1 aromatic rings. The Kier molecular flexibility index (Phi) is 2.55. The lowest BCUT2D eigenvalue weighted by atomic mass is 10.1. The number of aryl methyl sites for hydroxylation is 1. The van der Waals surface area contributed by atoms with Gasteiger partial charge < -0.3 is 10.1 Å². The summed E-state index contributed by atoms with van der Waals surface area (Å²) in [6.45, 7) is 3.14. The van der Waals surface area contributed by atoms with Gasteiger partial charge in [-0.05, 0) is 18.6 Å². The van der Waals surface area contributed by atoms with E-state index in [1.54, 1.807) is 12.1 Å². The van der Waals surface area contributed by atoms with Crippen molar-refractivity contribution in [3.05, 3.63) is 33.9 Å². The lowest BCUT2D eigenvalue weighted by molar-refractivity contribution is -0.384. The fraction of sp³-hybridized carbons (Fsp3) is 0.400. The van der Waals surface area contributed by atoms with Gasteiger partial charge in [0, 0.05) is 6.07 Å². The predicted molar refractivity (Wildman–Crippen MR) is 56.1 cm³/mol. The average Bonchev–Trinajstić information content (AvgIpc) is 2.11. The normalized spacial score (nSPS) is 15.8. The molecule has 1 heterocycles. The molecule has 0 unspecified atom stereocenters. The van der Waals surface area contributed by atoms with E-state index in [-0.39, 0.29) is 16.7 Å². The van der Waals surface area contributed by atoms with Gasteiger partial charge in [-0.2, -0.15) is 0 Å². The van der Waals surface area contributed by atoms with Crippen LogP contribution in [0.15, 0.2) is 18.2 Å². The second kappa shape index (κ2) is 3.86. The zero-order valence-electron chi connectivity index (χ0n) is 8.40. The van der Waals surface area contributed by atoms with E-state index in [1.165, 1.54) is 6.07 Å². The van der Waals surface area contributed by atoms with Gasteiger partial charge in [-0.3, -0.25) is 10.1 Å². The Morgan fingerprint density at radius 3 is 2.80 bits per heavy atom. The Labute approximate surface area is 87.2 Å². The fourth-order valence-corrected chi connectivity index (χ4v) is 1.46. The molecule has 1 aromatic carbocycles. The molecule has 0 spiro atoms. The number of nitro benzene ring substituents is 1. The maximum Gasteiger partial charge on any atom is 0.292 e. The molecule has 1 N–H and O–H groups in total. The van der Waals surface area contributed by atoms with Gasteiger partial charge in [0.25, 0.3) is 5.69 Å². The summed E-state index contributed by atoms with van der Waals surface area (Å²) >= 11 is 0. The standard InChI is InChI=1S/C10H12N2O3/c1-7-2-3-10(12(13)14)9(4-7)11-8-5-15-6-8/h2-4,8,11H,5-6H2,1H3. The lowest BCUT2D eigenvalue weighted by Crippen LogP contribution is -2.40. The van der Waals surface area contributed by atoms with Crippen molar-refractivity contribution in [2.45, 2.75) is 13.0 Å². The van der Waals surface area contributed by atoms with Crippen LogP contribution >= 0.6 is 0 Å². The van der Waals surface area contributed by atoms with E-state index in [9.17, 15) is 10.1 Å². The van der Waals surface area contributed by atoms with E-state index in [4.69, 9.17) is 4.74 Å². The van der Waals surface area contributed by atoms with E-state index in [1.807, 2.05) is 6.92 Å². The smallest absolute Gasteiger partial charge is 0.292 e. The second-order valence-electron chi connectivity index (χ2n) is 3.66. The van der Waals surface area contributed by atoms with E-state index in [0.717, 1.165) is 5.56 Å². The molecule has 0 radical (unpaired) electrons. The van der Waals surface area contributed by atoms with Crippen LogP contribution in [0.5, 0.6) is 0 Å². The summed E-state index contributed by atoms with van der Waals surface area (Å²) in [6, 6.07) is 5.25. The minimum Gasteiger partial charge on any atom is -0.377 e. The number of hydrogen-bond acceptors (Lipinski definition) is 4. The van der Waals surface area contributed by atoms with Gasteiger partial charge in [-0.25, -0.2) is 0 Å². The van der Waals surface area contributed by atoms with Crippen LogP contribution in [-0.4, -0.2) is 24.2 Å². The third-order valence-electron chi connectivity index (χ3n) is 2.35. The summed E-state index contributed by atoms with van der Waals surface area (Å²) in [5, 5.41) is 13.9. The zero-order valence-corrected chi connectivity index (χ0v) is 8.40. The highest BCUT2D eigenvalue weighted by Crippen LogP contribution is 2.26. The molecule has 5 nitrogen and oxygen atoms in total. The number of nitrogens with zero attached hydrogens (tertiary/aromatic N) is 1. The second-order valence-corrected chi connectivity index (χ2v) is 3.66. The summed E-state index contributed by atoms with van der Waals surface area (Å²) in [5.41, 5.74) is 1.70. The third kappa shape index (κ3) is 2.07. The first-order valence-corrected chi connectivity index (χ1v) is 4.76. The SMILES string of the molecule is Cc1ccc([N+](=O)[O-])c(NC2COC2)c1. The molecule has 0 amide bonds. The van der Waals surface area contributed by atoms with E-state index < -0.39 is 0 Å². The Morgan fingerprint density at radius 1 is 1.53 bits per heavy atom. The largest absolute Gasteiger partial charge is 0.377 e. The summed E-state index contributed by atoms with van der Waals surface area (Å²) < 4.78 is 5.01. The average molecular weight is 208 g/mol. The molecule has 15 heavy (non-hydrogen) atoms. The predicted octanol–water partition coefficient (Wildman–Crippen LogP) is 1.71. The monoisotopic (exact) mass is 208 g/mol. The fourth-order valence-electron chi connectivity index (χ4n) is 1.46. The van der Waals surface area contributed by atoms with Gasteiger partial charge in [0.1, 0.15) is 5.69 Å². The first kappa shape index (κ1) is 9.92. The number of hydrogen-bond donors (Lipinski definition) is 1. The molecule has 0 aromatic heterocycles. The van der Waals surface area contributed by atoms with E-state index in [0.29, 0.717) is 18.9 Å². The molecule has 80 valence electrons. The number of ether oxygens (including phenoxy) is 1. The topological polar surface area (TPSA) is 64.4 Å². The highest BCUT2D eigenvalue weighted by atomic mass is 16.6. The van der Waals surface area contributed by atoms with Crippen molar-refractivity contribution in [3.63, 3.8) is 0 Å². The molecule has 2 rings (SSSR count). The molecule has 0 bridgehead atoms. The van der Waals surface area contributed by atoms with Gasteiger partial charge in [0.05, 0.1) is 24.2 Å². The van der Waals surface area contributed by atoms with Gasteiger partial charge in [-0.15, -0.1) is 0 Å². The van der Waals surface area contributed by atoms with Crippen LogP contribution in [-0.2, 0) is 4.74 Å². The van der Waals surface area contributed by atoms with Gasteiger partial charge in [-0.1, -0.05) is 6.07 Å². The van der Waals surface area contributed by atoms with Gasteiger partial charge in [0.2, 0.25) is 0 Å². The summed E-state index contributed by atoms with van der Waals surface area (Å²) in [7, 11) is 0. The minimum absolute atomic E-state index is 0.118. The molecule has 1 fully saturated rings. The number of nitro groups is 1. The van der Waals surface area contributed by atoms with Crippen LogP contribution in [0.1, 0.15) is 5.56 Å². The molecule has 0 atom stereocenters. The third-order valence-corrected chi connectivity index (χ3v) is 2.35. The summed E-state index contributed by atoms with van der Waals surface area (Å²) in [4.78, 5) is 10.4. The van der Waals surface area contributed by atoms with Gasteiger partial charge >= 0.3 is 0 Å². The van der Waals surface area contributed by atoms with Crippen molar-refractivity contribution in [2.75, 3.05) is 18.5 Å². The Bertz CT molecular complexity index is 388. The number of rotatable bonds is 3. The molecular weight excluding hydrogens is 196 g/mol. The van der Waals surface area contributed by atoms with Gasteiger partial charge in [0.15, 0.2) is 0 Å². The minimum atomic E-state index is -0.374. The van der Waals surface area contributed by atoms with Crippen LogP contribution in [0.4, 0.5) is 11.4 Å². The Hall–Kier alpha value is -1.62. The summed E-state index contributed by atoms with van der Waals surface area (Å²) in [6.07, 6.45) is 0. The van der Waals surface area contributed by atoms with Crippen molar-refractivity contribution >= 4 is 11.4 Å².